The Morgan fingerprint density at radius 1 is 1.09 bits per heavy atom. The Labute approximate surface area is 190 Å². The van der Waals surface area contributed by atoms with Gasteiger partial charge in [0.15, 0.2) is 0 Å². The molecular formula is C26H33N3O3. The van der Waals surface area contributed by atoms with E-state index in [1.165, 1.54) is 11.1 Å². The summed E-state index contributed by atoms with van der Waals surface area (Å²) in [5.41, 5.74) is 5.50. The number of hydrogen-bond acceptors (Lipinski definition) is 5. The maximum Gasteiger partial charge on any atom is 0.255 e. The van der Waals surface area contributed by atoms with Gasteiger partial charge in [-0.15, -0.1) is 0 Å². The van der Waals surface area contributed by atoms with Crippen LogP contribution in [-0.2, 0) is 30.5 Å². The topological polar surface area (TPSA) is 65.9 Å². The smallest absolute Gasteiger partial charge is 0.255 e. The summed E-state index contributed by atoms with van der Waals surface area (Å²) in [4.78, 5) is 21.9. The quantitative estimate of drug-likeness (QED) is 0.755. The molecule has 2 aromatic rings. The highest BCUT2D eigenvalue weighted by Crippen LogP contribution is 2.24. The number of fused-ring (bicyclic) bond motifs is 2. The van der Waals surface area contributed by atoms with E-state index in [4.69, 9.17) is 4.74 Å². The molecule has 3 aliphatic heterocycles. The molecule has 1 N–H and O–H groups in total. The fourth-order valence-corrected chi connectivity index (χ4v) is 5.32. The van der Waals surface area contributed by atoms with Crippen LogP contribution >= 0.6 is 0 Å². The van der Waals surface area contributed by atoms with E-state index in [0.717, 1.165) is 75.2 Å². The molecule has 0 spiro atoms. The number of amides is 1. The predicted molar refractivity (Wildman–Crippen MR) is 123 cm³/mol. The summed E-state index contributed by atoms with van der Waals surface area (Å²) >= 11 is 0. The van der Waals surface area contributed by atoms with E-state index in [2.05, 4.69) is 34.1 Å². The summed E-state index contributed by atoms with van der Waals surface area (Å²) < 4.78 is 5.46. The number of aromatic nitrogens is 1. The number of carbonyl (C=O) groups excluding carboxylic acids is 1. The Kier molecular flexibility index (Phi) is 6.53. The molecule has 170 valence electrons. The van der Waals surface area contributed by atoms with Crippen molar-refractivity contribution >= 4 is 5.91 Å². The van der Waals surface area contributed by atoms with Crippen molar-refractivity contribution < 1.29 is 14.6 Å². The van der Waals surface area contributed by atoms with Crippen LogP contribution in [0.5, 0.6) is 0 Å². The van der Waals surface area contributed by atoms with Gasteiger partial charge in [0.05, 0.1) is 17.4 Å². The number of aliphatic hydroxyl groups excluding tert-OH is 1. The number of ether oxygens (including phenoxy) is 1. The Morgan fingerprint density at radius 3 is 2.75 bits per heavy atom. The van der Waals surface area contributed by atoms with Gasteiger partial charge in [-0.2, -0.15) is 0 Å². The lowest BCUT2D eigenvalue weighted by atomic mass is 9.91. The van der Waals surface area contributed by atoms with Crippen LogP contribution < -0.4 is 0 Å². The number of nitrogens with zero attached hydrogens (tertiary/aromatic N) is 3. The largest absolute Gasteiger partial charge is 0.390 e. The third-order valence-electron chi connectivity index (χ3n) is 7.14. The summed E-state index contributed by atoms with van der Waals surface area (Å²) in [7, 11) is 0. The molecule has 0 radical (unpaired) electrons. The molecule has 0 aliphatic carbocycles. The standard InChI is InChI=1S/C26H33N3O3/c30-23(17-28-9-5-21-3-1-2-4-22(21)16-28)18-29-10-6-25-24(26(29)31)14-20(15-27-25)13-19-7-11-32-12-8-19/h1-4,14-15,19,23,30H,5-13,16-18H2. The molecule has 4 heterocycles. The van der Waals surface area contributed by atoms with Gasteiger partial charge in [-0.1, -0.05) is 24.3 Å². The van der Waals surface area contributed by atoms with Gasteiger partial charge in [0, 0.05) is 58.6 Å². The zero-order valence-corrected chi connectivity index (χ0v) is 18.7. The first kappa shape index (κ1) is 21.6. The summed E-state index contributed by atoms with van der Waals surface area (Å²) in [6.07, 6.45) is 6.26. The van der Waals surface area contributed by atoms with E-state index >= 15 is 0 Å². The lowest BCUT2D eigenvalue weighted by Gasteiger charge is -2.34. The minimum absolute atomic E-state index is 0.00983. The molecule has 1 amide bonds. The van der Waals surface area contributed by atoms with E-state index in [1.807, 2.05) is 17.2 Å². The summed E-state index contributed by atoms with van der Waals surface area (Å²) in [5.74, 6) is 0.616. The van der Waals surface area contributed by atoms with Gasteiger partial charge in [0.1, 0.15) is 0 Å². The maximum absolute atomic E-state index is 13.2. The fourth-order valence-electron chi connectivity index (χ4n) is 5.32. The lowest BCUT2D eigenvalue weighted by Crippen LogP contribution is -2.46. The van der Waals surface area contributed by atoms with Crippen molar-refractivity contribution in [1.82, 2.24) is 14.8 Å². The predicted octanol–water partition coefficient (Wildman–Crippen LogP) is 2.47. The first-order chi connectivity index (χ1) is 15.7. The number of carbonyl (C=O) groups is 1. The summed E-state index contributed by atoms with van der Waals surface area (Å²) in [6.45, 7) is 5.06. The molecule has 1 aromatic carbocycles. The Hall–Kier alpha value is -2.28. The van der Waals surface area contributed by atoms with Crippen LogP contribution in [0.1, 0.15) is 45.6 Å². The van der Waals surface area contributed by atoms with Crippen LogP contribution in [0.4, 0.5) is 0 Å². The van der Waals surface area contributed by atoms with E-state index in [0.29, 0.717) is 25.6 Å². The van der Waals surface area contributed by atoms with Crippen molar-refractivity contribution in [3.8, 4) is 0 Å². The van der Waals surface area contributed by atoms with Gasteiger partial charge in [0.25, 0.3) is 5.91 Å². The lowest BCUT2D eigenvalue weighted by molar-refractivity contribution is 0.0490. The minimum Gasteiger partial charge on any atom is -0.390 e. The molecule has 32 heavy (non-hydrogen) atoms. The van der Waals surface area contributed by atoms with Crippen molar-refractivity contribution in [2.75, 3.05) is 39.4 Å². The van der Waals surface area contributed by atoms with Crippen LogP contribution in [0.3, 0.4) is 0 Å². The van der Waals surface area contributed by atoms with Gasteiger partial charge < -0.3 is 14.7 Å². The van der Waals surface area contributed by atoms with Gasteiger partial charge in [0.2, 0.25) is 0 Å². The molecule has 3 aliphatic rings. The molecule has 1 atom stereocenters. The number of benzene rings is 1. The van der Waals surface area contributed by atoms with Crippen LogP contribution in [-0.4, -0.2) is 71.3 Å². The third-order valence-corrected chi connectivity index (χ3v) is 7.14. The normalized spacial score (nSPS) is 20.7. The maximum atomic E-state index is 13.2. The molecule has 1 aromatic heterocycles. The molecule has 1 fully saturated rings. The summed E-state index contributed by atoms with van der Waals surface area (Å²) in [6, 6.07) is 10.6. The number of rotatable bonds is 6. The third kappa shape index (κ3) is 4.87. The monoisotopic (exact) mass is 435 g/mol. The van der Waals surface area contributed by atoms with Crippen LogP contribution in [0.15, 0.2) is 36.5 Å². The average Bonchev–Trinajstić information content (AvgIpc) is 2.82. The highest BCUT2D eigenvalue weighted by Gasteiger charge is 2.28. The van der Waals surface area contributed by atoms with Crippen LogP contribution in [0, 0.1) is 5.92 Å². The molecule has 1 unspecified atom stereocenters. The van der Waals surface area contributed by atoms with E-state index in [9.17, 15) is 9.90 Å². The summed E-state index contributed by atoms with van der Waals surface area (Å²) in [5, 5.41) is 10.8. The van der Waals surface area contributed by atoms with Crippen molar-refractivity contribution in [3.05, 3.63) is 64.5 Å². The zero-order chi connectivity index (χ0) is 21.9. The van der Waals surface area contributed by atoms with Crippen molar-refractivity contribution in [2.45, 2.75) is 44.8 Å². The fraction of sp³-hybridized carbons (Fsp3) is 0.538. The van der Waals surface area contributed by atoms with Gasteiger partial charge in [-0.05, 0) is 54.4 Å². The second kappa shape index (κ2) is 9.69. The van der Waals surface area contributed by atoms with Crippen molar-refractivity contribution in [2.24, 2.45) is 5.92 Å². The highest BCUT2D eigenvalue weighted by molar-refractivity contribution is 5.96. The van der Waals surface area contributed by atoms with Gasteiger partial charge in [-0.3, -0.25) is 14.7 Å². The number of hydrogen-bond donors (Lipinski definition) is 1. The average molecular weight is 436 g/mol. The Morgan fingerprint density at radius 2 is 1.91 bits per heavy atom. The minimum atomic E-state index is -0.552. The van der Waals surface area contributed by atoms with E-state index in [-0.39, 0.29) is 5.91 Å². The molecule has 0 bridgehead atoms. The van der Waals surface area contributed by atoms with Crippen molar-refractivity contribution in [1.29, 1.82) is 0 Å². The van der Waals surface area contributed by atoms with Gasteiger partial charge >= 0.3 is 0 Å². The first-order valence-corrected chi connectivity index (χ1v) is 12.0. The Bertz CT molecular complexity index is 957. The second-order valence-corrected chi connectivity index (χ2v) is 9.51. The second-order valence-electron chi connectivity index (χ2n) is 9.51. The van der Waals surface area contributed by atoms with E-state index < -0.39 is 6.10 Å². The molecule has 6 heteroatoms. The van der Waals surface area contributed by atoms with Crippen LogP contribution in [0.25, 0.3) is 0 Å². The SMILES string of the molecule is O=C1c2cc(CC3CCOCC3)cnc2CCN1CC(O)CN1CCc2ccccc2C1. The van der Waals surface area contributed by atoms with E-state index in [1.54, 1.807) is 0 Å². The first-order valence-electron chi connectivity index (χ1n) is 12.0. The Balaban J connectivity index is 1.19. The molecule has 5 rings (SSSR count). The number of β-amino-alcohol motifs (C(OH)–C–C–N with tert-alkyl or cyclic N) is 1. The van der Waals surface area contributed by atoms with Crippen LogP contribution in [0.2, 0.25) is 0 Å². The molecule has 0 saturated carbocycles. The molecular weight excluding hydrogens is 402 g/mol. The number of aliphatic hydroxyl groups is 1. The zero-order valence-electron chi connectivity index (χ0n) is 18.7. The van der Waals surface area contributed by atoms with Gasteiger partial charge in [-0.25, -0.2) is 0 Å². The highest BCUT2D eigenvalue weighted by atomic mass is 16.5. The van der Waals surface area contributed by atoms with Crippen molar-refractivity contribution in [3.63, 3.8) is 0 Å². The number of pyridine rings is 1. The molecule has 6 nitrogen and oxygen atoms in total. The molecule has 1 saturated heterocycles.